The molecule has 0 aliphatic heterocycles. The number of rotatable bonds is 9. The van der Waals surface area contributed by atoms with E-state index in [0.29, 0.717) is 23.8 Å². The summed E-state index contributed by atoms with van der Waals surface area (Å²) in [7, 11) is -3.57. The Hall–Kier alpha value is -1.99. The number of sulfonamides is 1. The molecule has 0 amide bonds. The van der Waals surface area contributed by atoms with Gasteiger partial charge >= 0.3 is 5.97 Å². The Morgan fingerprint density at radius 1 is 1.21 bits per heavy atom. The van der Waals surface area contributed by atoms with Crippen LogP contribution in [0.3, 0.4) is 0 Å². The summed E-state index contributed by atoms with van der Waals surface area (Å²) in [5, 5.41) is 9.81. The first kappa shape index (κ1) is 20.7. The Labute approximate surface area is 165 Å². The first-order valence-corrected chi connectivity index (χ1v) is 11.2. The molecule has 4 unspecified atom stereocenters. The zero-order valence-electron chi connectivity index (χ0n) is 15.6. The molecule has 2 saturated carbocycles. The van der Waals surface area contributed by atoms with E-state index in [1.165, 1.54) is 30.3 Å². The minimum atomic E-state index is -3.57. The fourth-order valence-corrected chi connectivity index (χ4v) is 5.50. The normalized spacial score (nSPS) is 27.2. The molecule has 2 aliphatic carbocycles. The van der Waals surface area contributed by atoms with Crippen LogP contribution in [0.4, 0.5) is 4.39 Å². The second kappa shape index (κ2) is 9.01. The van der Waals surface area contributed by atoms with Crippen LogP contribution >= 0.6 is 0 Å². The average molecular weight is 408 g/mol. The molecule has 0 spiro atoms. The van der Waals surface area contributed by atoms with Gasteiger partial charge in [-0.1, -0.05) is 24.3 Å². The molecule has 2 fully saturated rings. The van der Waals surface area contributed by atoms with Crippen LogP contribution < -0.4 is 4.72 Å². The van der Waals surface area contributed by atoms with Crippen molar-refractivity contribution in [1.29, 1.82) is 0 Å². The van der Waals surface area contributed by atoms with E-state index in [1.54, 1.807) is 0 Å². The molecule has 2 aliphatic rings. The van der Waals surface area contributed by atoms with Crippen molar-refractivity contribution in [2.24, 2.45) is 17.8 Å². The fraction of sp³-hybridized carbons (Fsp3) is 0.476. The van der Waals surface area contributed by atoms with Crippen molar-refractivity contribution in [3.63, 3.8) is 0 Å². The quantitative estimate of drug-likeness (QED) is 0.480. The summed E-state index contributed by atoms with van der Waals surface area (Å²) in [6.07, 6.45) is 10.1. The molecule has 3 rings (SSSR count). The van der Waals surface area contributed by atoms with Gasteiger partial charge in [0.25, 0.3) is 0 Å². The van der Waals surface area contributed by atoms with Crippen molar-refractivity contribution in [2.75, 3.05) is 0 Å². The van der Waals surface area contributed by atoms with E-state index in [-0.39, 0.29) is 24.2 Å². The molecule has 7 heteroatoms. The first-order chi connectivity index (χ1) is 13.3. The molecule has 2 N–H and O–H groups in total. The van der Waals surface area contributed by atoms with Crippen LogP contribution in [0.15, 0.2) is 41.8 Å². The minimum Gasteiger partial charge on any atom is -0.481 e. The van der Waals surface area contributed by atoms with Gasteiger partial charge in [-0.25, -0.2) is 17.5 Å². The maximum absolute atomic E-state index is 12.9. The Morgan fingerprint density at radius 3 is 2.64 bits per heavy atom. The van der Waals surface area contributed by atoms with E-state index in [1.807, 2.05) is 6.08 Å². The van der Waals surface area contributed by atoms with E-state index in [4.69, 9.17) is 5.11 Å². The van der Waals surface area contributed by atoms with Crippen LogP contribution in [0.25, 0.3) is 6.08 Å². The zero-order chi connectivity index (χ0) is 20.1. The maximum atomic E-state index is 12.9. The topological polar surface area (TPSA) is 83.5 Å². The van der Waals surface area contributed by atoms with Gasteiger partial charge in [0.1, 0.15) is 5.82 Å². The SMILES string of the molecule is O=C(O)CCC/C=C/C1CC2CC(NS(=O)(=O)/C=C/c3ccc(F)cc3)C1C2. The number of fused-ring (bicyclic) bond motifs is 2. The van der Waals surface area contributed by atoms with Crippen LogP contribution in [0.1, 0.15) is 44.1 Å². The number of nitrogens with one attached hydrogen (secondary N) is 1. The summed E-state index contributed by atoms with van der Waals surface area (Å²) in [5.74, 6) is 0.0261. The third kappa shape index (κ3) is 5.75. The van der Waals surface area contributed by atoms with Crippen LogP contribution in [-0.2, 0) is 14.8 Å². The van der Waals surface area contributed by atoms with Crippen molar-refractivity contribution in [1.82, 2.24) is 4.72 Å². The first-order valence-electron chi connectivity index (χ1n) is 9.67. The number of allylic oxidation sites excluding steroid dienone is 2. The molecular weight excluding hydrogens is 381 g/mol. The lowest BCUT2D eigenvalue weighted by molar-refractivity contribution is -0.137. The van der Waals surface area contributed by atoms with Crippen LogP contribution in [0.2, 0.25) is 0 Å². The minimum absolute atomic E-state index is 0.0738. The molecule has 2 bridgehead atoms. The molecule has 5 nitrogen and oxygen atoms in total. The molecule has 1 aromatic carbocycles. The van der Waals surface area contributed by atoms with Crippen molar-refractivity contribution >= 4 is 22.1 Å². The number of hydrogen-bond donors (Lipinski definition) is 2. The Kier molecular flexibility index (Phi) is 6.67. The highest BCUT2D eigenvalue weighted by molar-refractivity contribution is 7.92. The van der Waals surface area contributed by atoms with E-state index < -0.39 is 16.0 Å². The summed E-state index contributed by atoms with van der Waals surface area (Å²) in [5.41, 5.74) is 0.627. The molecule has 0 aromatic heterocycles. The van der Waals surface area contributed by atoms with Crippen molar-refractivity contribution in [2.45, 2.75) is 44.6 Å². The standard InChI is InChI=1S/C21H26FNO4S/c22-18-8-6-15(7-9-18)10-11-28(26,27)23-20-14-16-12-17(19(20)13-16)4-2-1-3-5-21(24)25/h2,4,6-11,16-17,19-20,23H,1,3,5,12-14H2,(H,24,25)/b4-2+,11-10+. The zero-order valence-corrected chi connectivity index (χ0v) is 16.4. The monoisotopic (exact) mass is 407 g/mol. The van der Waals surface area contributed by atoms with Crippen LogP contribution in [0.5, 0.6) is 0 Å². The van der Waals surface area contributed by atoms with Crippen molar-refractivity contribution in [3.8, 4) is 0 Å². The number of carboxylic acid groups (broad SMARTS) is 1. The third-order valence-electron chi connectivity index (χ3n) is 5.64. The second-order valence-corrected chi connectivity index (χ2v) is 9.34. The summed E-state index contributed by atoms with van der Waals surface area (Å²) < 4.78 is 40.6. The lowest BCUT2D eigenvalue weighted by Crippen LogP contribution is -2.40. The average Bonchev–Trinajstić information content (AvgIpc) is 3.20. The highest BCUT2D eigenvalue weighted by atomic mass is 32.2. The van der Waals surface area contributed by atoms with Crippen LogP contribution in [-0.4, -0.2) is 25.5 Å². The van der Waals surface area contributed by atoms with Gasteiger partial charge in [-0.15, -0.1) is 0 Å². The molecule has 0 radical (unpaired) electrons. The third-order valence-corrected chi connectivity index (χ3v) is 6.76. The number of carboxylic acids is 1. The Morgan fingerprint density at radius 2 is 1.96 bits per heavy atom. The molecule has 1 aromatic rings. The maximum Gasteiger partial charge on any atom is 0.303 e. The van der Waals surface area contributed by atoms with Gasteiger partial charge in [0.05, 0.1) is 0 Å². The highest BCUT2D eigenvalue weighted by Crippen LogP contribution is 2.49. The summed E-state index contributed by atoms with van der Waals surface area (Å²) in [6, 6.07) is 5.58. The van der Waals surface area contributed by atoms with E-state index >= 15 is 0 Å². The molecule has 0 saturated heterocycles. The molecule has 152 valence electrons. The lowest BCUT2D eigenvalue weighted by atomic mass is 9.85. The Balaban J connectivity index is 1.54. The van der Waals surface area contributed by atoms with E-state index in [9.17, 15) is 17.6 Å². The number of hydrogen-bond acceptors (Lipinski definition) is 3. The smallest absolute Gasteiger partial charge is 0.303 e. The van der Waals surface area contributed by atoms with E-state index in [2.05, 4.69) is 10.8 Å². The summed E-state index contributed by atoms with van der Waals surface area (Å²) >= 11 is 0. The van der Waals surface area contributed by atoms with Gasteiger partial charge in [0, 0.05) is 17.9 Å². The van der Waals surface area contributed by atoms with Gasteiger partial charge in [-0.2, -0.15) is 0 Å². The fourth-order valence-electron chi connectivity index (χ4n) is 4.40. The molecule has 28 heavy (non-hydrogen) atoms. The summed E-state index contributed by atoms with van der Waals surface area (Å²) in [4.78, 5) is 10.5. The number of carbonyl (C=O) groups is 1. The van der Waals surface area contributed by atoms with Gasteiger partial charge < -0.3 is 5.11 Å². The highest BCUT2D eigenvalue weighted by Gasteiger charge is 2.46. The summed E-state index contributed by atoms with van der Waals surface area (Å²) in [6.45, 7) is 0. The van der Waals surface area contributed by atoms with Crippen molar-refractivity contribution < 1.29 is 22.7 Å². The number of benzene rings is 1. The Bertz CT molecular complexity index is 848. The number of unbranched alkanes of at least 4 members (excludes halogenated alkanes) is 1. The molecule has 4 atom stereocenters. The van der Waals surface area contributed by atoms with Gasteiger partial charge in [0.15, 0.2) is 0 Å². The predicted octanol–water partition coefficient (Wildman–Crippen LogP) is 3.94. The van der Waals surface area contributed by atoms with E-state index in [0.717, 1.165) is 31.1 Å². The second-order valence-electron chi connectivity index (χ2n) is 7.74. The van der Waals surface area contributed by atoms with Gasteiger partial charge in [0.2, 0.25) is 10.0 Å². The molecular formula is C21H26FNO4S. The lowest BCUT2D eigenvalue weighted by Gasteiger charge is -2.27. The van der Waals surface area contributed by atoms with Crippen LogP contribution in [0, 0.1) is 23.6 Å². The molecule has 0 heterocycles. The largest absolute Gasteiger partial charge is 0.481 e. The number of aliphatic carboxylic acids is 1. The van der Waals surface area contributed by atoms with Gasteiger partial charge in [-0.05, 0) is 73.6 Å². The predicted molar refractivity (Wildman–Crippen MR) is 106 cm³/mol. The van der Waals surface area contributed by atoms with Gasteiger partial charge in [-0.3, -0.25) is 4.79 Å². The van der Waals surface area contributed by atoms with Crippen molar-refractivity contribution in [3.05, 3.63) is 53.2 Å². The number of halogens is 1.